The summed E-state index contributed by atoms with van der Waals surface area (Å²) in [5, 5.41) is 12.9. The van der Waals surface area contributed by atoms with Gasteiger partial charge in [0.1, 0.15) is 30.0 Å². The molecule has 0 radical (unpaired) electrons. The van der Waals surface area contributed by atoms with Crippen molar-refractivity contribution in [3.05, 3.63) is 42.7 Å². The summed E-state index contributed by atoms with van der Waals surface area (Å²) in [7, 11) is 5.37. The quantitative estimate of drug-likeness (QED) is 0.241. The molecule has 0 aliphatic carbocycles. The van der Waals surface area contributed by atoms with Crippen molar-refractivity contribution in [3.8, 4) is 5.75 Å². The number of hydrogen-bond donors (Lipinski definition) is 4. The minimum Gasteiger partial charge on any atom is -0.494 e. The van der Waals surface area contributed by atoms with Crippen LogP contribution >= 0.6 is 24.8 Å². The third-order valence-corrected chi connectivity index (χ3v) is 9.28. The number of aromatic nitrogens is 2. The standard InChI is InChI=1S/C35H49N9O4.2ClH/c1-22(36-5)32(45)41-30(35(2,3)4)34(47)44-14-8-9-28(44)33(46)40-27-19-25-26(20-29(27)48-7)37-21-38-31(25)39-23-10-12-24(13-11-23)43-17-15-42(6)16-18-43;;/h10-13,19-22,28,30,36H,8-9,14-18H2,1-7H3,(H,40,46)(H,41,45)(H,37,38,39);2*1H/t22-,28?,30+;;/m0../s1. The van der Waals surface area contributed by atoms with Gasteiger partial charge in [-0.05, 0) is 69.6 Å². The largest absolute Gasteiger partial charge is 0.494 e. The van der Waals surface area contributed by atoms with Crippen LogP contribution in [0.5, 0.6) is 5.75 Å². The molecule has 1 aromatic heterocycles. The number of nitrogens with one attached hydrogen (secondary N) is 4. The molecule has 2 aliphatic rings. The fourth-order valence-corrected chi connectivity index (χ4v) is 6.14. The predicted octanol–water partition coefficient (Wildman–Crippen LogP) is 4.05. The van der Waals surface area contributed by atoms with Gasteiger partial charge in [0.2, 0.25) is 17.7 Å². The number of likely N-dealkylation sites (N-methyl/N-ethyl adjacent to an activating group) is 2. The lowest BCUT2D eigenvalue weighted by Crippen LogP contribution is -2.59. The molecule has 2 fully saturated rings. The predicted molar refractivity (Wildman–Crippen MR) is 203 cm³/mol. The summed E-state index contributed by atoms with van der Waals surface area (Å²) in [5.41, 5.74) is 2.58. The number of nitrogens with zero attached hydrogens (tertiary/aromatic N) is 5. The Labute approximate surface area is 307 Å². The zero-order valence-electron chi connectivity index (χ0n) is 29.9. The molecule has 2 aliphatic heterocycles. The first-order valence-corrected chi connectivity index (χ1v) is 16.6. The summed E-state index contributed by atoms with van der Waals surface area (Å²) in [6, 6.07) is 9.87. The van der Waals surface area contributed by atoms with Crippen molar-refractivity contribution in [2.75, 3.05) is 69.5 Å². The van der Waals surface area contributed by atoms with E-state index in [2.05, 4.69) is 60.2 Å². The number of hydrogen-bond acceptors (Lipinski definition) is 10. The molecule has 50 heavy (non-hydrogen) atoms. The minimum atomic E-state index is -0.800. The molecule has 3 heterocycles. The highest BCUT2D eigenvalue weighted by Gasteiger charge is 2.42. The second kappa shape index (κ2) is 17.3. The van der Waals surface area contributed by atoms with Gasteiger partial charge < -0.3 is 40.7 Å². The Kier molecular flexibility index (Phi) is 14.1. The van der Waals surface area contributed by atoms with Gasteiger partial charge in [-0.15, -0.1) is 24.8 Å². The lowest BCUT2D eigenvalue weighted by Gasteiger charge is -2.36. The monoisotopic (exact) mass is 731 g/mol. The summed E-state index contributed by atoms with van der Waals surface area (Å²) in [5.74, 6) is 0.147. The third kappa shape index (κ3) is 9.25. The van der Waals surface area contributed by atoms with E-state index in [-0.39, 0.29) is 42.5 Å². The van der Waals surface area contributed by atoms with Gasteiger partial charge in [0, 0.05) is 55.6 Å². The van der Waals surface area contributed by atoms with Crippen LogP contribution in [0.3, 0.4) is 0 Å². The SMILES string of the molecule is CN[C@@H](C)C(=O)N[C@H](C(=O)N1CCCC1C(=O)Nc1cc2c(Nc3ccc(N4CCN(C)CC4)cc3)ncnc2cc1OC)C(C)(C)C.Cl.Cl. The molecular formula is C35H51Cl2N9O4. The number of benzene rings is 2. The molecule has 5 rings (SSSR count). The Morgan fingerprint density at radius 3 is 2.28 bits per heavy atom. The number of anilines is 4. The fraction of sp³-hybridized carbons (Fsp3) is 0.514. The van der Waals surface area contributed by atoms with E-state index < -0.39 is 23.5 Å². The summed E-state index contributed by atoms with van der Waals surface area (Å²) in [4.78, 5) is 55.8. The molecule has 15 heteroatoms. The van der Waals surface area contributed by atoms with E-state index in [1.54, 1.807) is 31.0 Å². The number of fused-ring (bicyclic) bond motifs is 1. The first-order valence-electron chi connectivity index (χ1n) is 16.6. The Balaban J connectivity index is 0.00000338. The summed E-state index contributed by atoms with van der Waals surface area (Å²) < 4.78 is 5.65. The molecule has 3 aromatic rings. The number of amides is 3. The Bertz CT molecular complexity index is 1630. The van der Waals surface area contributed by atoms with E-state index >= 15 is 0 Å². The first kappa shape index (κ1) is 40.5. The highest BCUT2D eigenvalue weighted by Crippen LogP contribution is 2.34. The van der Waals surface area contributed by atoms with Gasteiger partial charge in [-0.25, -0.2) is 9.97 Å². The summed E-state index contributed by atoms with van der Waals surface area (Å²) in [6.45, 7) is 11.9. The maximum absolute atomic E-state index is 13.9. The summed E-state index contributed by atoms with van der Waals surface area (Å²) in [6.07, 6.45) is 2.67. The molecule has 0 spiro atoms. The van der Waals surface area contributed by atoms with Gasteiger partial charge in [-0.1, -0.05) is 20.8 Å². The number of carbonyl (C=O) groups excluding carboxylic acids is 3. The number of ether oxygens (including phenoxy) is 1. The Morgan fingerprint density at radius 1 is 0.980 bits per heavy atom. The smallest absolute Gasteiger partial charge is 0.247 e. The van der Waals surface area contributed by atoms with Crippen LogP contribution in [0.2, 0.25) is 0 Å². The van der Waals surface area contributed by atoms with Crippen molar-refractivity contribution < 1.29 is 19.1 Å². The second-order valence-electron chi connectivity index (χ2n) is 13.8. The molecule has 2 aromatic carbocycles. The van der Waals surface area contributed by atoms with Crippen molar-refractivity contribution in [2.24, 2.45) is 5.41 Å². The van der Waals surface area contributed by atoms with Gasteiger partial charge >= 0.3 is 0 Å². The van der Waals surface area contributed by atoms with Crippen LogP contribution in [0, 0.1) is 5.41 Å². The van der Waals surface area contributed by atoms with Crippen LogP contribution in [0.4, 0.5) is 22.9 Å². The Hall–Kier alpha value is -3.91. The van der Waals surface area contributed by atoms with E-state index in [4.69, 9.17) is 4.74 Å². The maximum atomic E-state index is 13.9. The van der Waals surface area contributed by atoms with E-state index in [0.29, 0.717) is 47.5 Å². The molecule has 4 N–H and O–H groups in total. The van der Waals surface area contributed by atoms with Crippen LogP contribution in [-0.4, -0.2) is 110 Å². The van der Waals surface area contributed by atoms with Gasteiger partial charge in [0.15, 0.2) is 0 Å². The number of piperazine rings is 1. The fourth-order valence-electron chi connectivity index (χ4n) is 6.14. The van der Waals surface area contributed by atoms with Crippen LogP contribution in [0.15, 0.2) is 42.7 Å². The topological polar surface area (TPSA) is 144 Å². The van der Waals surface area contributed by atoms with Crippen molar-refractivity contribution >= 4 is 76.3 Å². The number of likely N-dealkylation sites (tertiary alicyclic amines) is 1. The van der Waals surface area contributed by atoms with Gasteiger partial charge in [-0.3, -0.25) is 14.4 Å². The number of halogens is 2. The van der Waals surface area contributed by atoms with Crippen molar-refractivity contribution in [2.45, 2.75) is 58.7 Å². The van der Waals surface area contributed by atoms with Crippen LogP contribution in [-0.2, 0) is 14.4 Å². The van der Waals surface area contributed by atoms with E-state index in [0.717, 1.165) is 31.9 Å². The summed E-state index contributed by atoms with van der Waals surface area (Å²) >= 11 is 0. The molecule has 13 nitrogen and oxygen atoms in total. The van der Waals surface area contributed by atoms with E-state index in [1.165, 1.54) is 19.1 Å². The minimum absolute atomic E-state index is 0. The normalized spacial score (nSPS) is 17.6. The van der Waals surface area contributed by atoms with E-state index in [9.17, 15) is 14.4 Å². The molecule has 1 unspecified atom stereocenters. The zero-order chi connectivity index (χ0) is 34.6. The average Bonchev–Trinajstić information content (AvgIpc) is 3.57. The molecule has 0 saturated carbocycles. The maximum Gasteiger partial charge on any atom is 0.247 e. The number of carbonyl (C=O) groups is 3. The van der Waals surface area contributed by atoms with Gasteiger partial charge in [-0.2, -0.15) is 0 Å². The highest BCUT2D eigenvalue weighted by molar-refractivity contribution is 6.03. The highest BCUT2D eigenvalue weighted by atomic mass is 35.5. The zero-order valence-corrected chi connectivity index (χ0v) is 31.5. The second-order valence-corrected chi connectivity index (χ2v) is 13.8. The van der Waals surface area contributed by atoms with Crippen molar-refractivity contribution in [3.63, 3.8) is 0 Å². The molecule has 3 atom stereocenters. The first-order chi connectivity index (χ1) is 22.9. The van der Waals surface area contributed by atoms with Gasteiger partial charge in [0.25, 0.3) is 0 Å². The van der Waals surface area contributed by atoms with Crippen molar-refractivity contribution in [1.29, 1.82) is 0 Å². The molecule has 2 saturated heterocycles. The van der Waals surface area contributed by atoms with E-state index in [1.807, 2.05) is 32.9 Å². The Morgan fingerprint density at radius 2 is 1.66 bits per heavy atom. The van der Waals surface area contributed by atoms with Crippen LogP contribution in [0.25, 0.3) is 10.9 Å². The lowest BCUT2D eigenvalue weighted by atomic mass is 9.85. The van der Waals surface area contributed by atoms with Crippen LogP contribution in [0.1, 0.15) is 40.5 Å². The molecular weight excluding hydrogens is 681 g/mol. The number of methoxy groups -OCH3 is 1. The molecule has 3 amide bonds. The van der Waals surface area contributed by atoms with Crippen LogP contribution < -0.4 is 30.9 Å². The lowest BCUT2D eigenvalue weighted by molar-refractivity contribution is -0.143. The van der Waals surface area contributed by atoms with Gasteiger partial charge in [0.05, 0.1) is 24.4 Å². The van der Waals surface area contributed by atoms with Crippen molar-refractivity contribution in [1.82, 2.24) is 30.4 Å². The third-order valence-electron chi connectivity index (χ3n) is 9.28. The average molecular weight is 733 g/mol. The molecule has 0 bridgehead atoms. The number of rotatable bonds is 10. The molecule has 274 valence electrons.